The number of aliphatic hydroxyl groups is 1. The van der Waals surface area contributed by atoms with Gasteiger partial charge in [0.1, 0.15) is 6.10 Å². The summed E-state index contributed by atoms with van der Waals surface area (Å²) in [5, 5.41) is 15.3. The molecule has 0 fully saturated rings. The van der Waals surface area contributed by atoms with E-state index in [9.17, 15) is 5.11 Å². The number of aromatic nitrogens is 2. The first-order valence-electron chi connectivity index (χ1n) is 5.57. The van der Waals surface area contributed by atoms with Crippen LogP contribution in [0, 0.1) is 0 Å². The SMILES string of the molecule is CCCc1nnsc1C(O)c1ccc(Cl)c(Cl)c1. The minimum absolute atomic E-state index is 0.433. The Morgan fingerprint density at radius 1 is 1.33 bits per heavy atom. The molecule has 1 heterocycles. The summed E-state index contributed by atoms with van der Waals surface area (Å²) in [5.41, 5.74) is 1.55. The third kappa shape index (κ3) is 2.83. The zero-order valence-electron chi connectivity index (χ0n) is 9.73. The number of benzene rings is 1. The maximum Gasteiger partial charge on any atom is 0.117 e. The van der Waals surface area contributed by atoms with Crippen molar-refractivity contribution in [2.45, 2.75) is 25.9 Å². The summed E-state index contributed by atoms with van der Waals surface area (Å²) in [6, 6.07) is 5.11. The number of nitrogens with zero attached hydrogens (tertiary/aromatic N) is 2. The predicted molar refractivity (Wildman–Crippen MR) is 74.4 cm³/mol. The summed E-state index contributed by atoms with van der Waals surface area (Å²) in [6.07, 6.45) is 1.03. The predicted octanol–water partition coefficient (Wildman–Crippen LogP) is 3.88. The highest BCUT2D eigenvalue weighted by Crippen LogP contribution is 2.31. The molecule has 1 aromatic carbocycles. The Hall–Kier alpha value is -0.680. The zero-order valence-corrected chi connectivity index (χ0v) is 12.1. The van der Waals surface area contributed by atoms with Crippen LogP contribution in [0.4, 0.5) is 0 Å². The van der Waals surface area contributed by atoms with Crippen LogP contribution < -0.4 is 0 Å². The first-order valence-corrected chi connectivity index (χ1v) is 7.10. The Balaban J connectivity index is 2.32. The first-order chi connectivity index (χ1) is 8.63. The van der Waals surface area contributed by atoms with Crippen LogP contribution >= 0.6 is 34.7 Å². The quantitative estimate of drug-likeness (QED) is 0.932. The van der Waals surface area contributed by atoms with Crippen molar-refractivity contribution in [2.75, 3.05) is 0 Å². The molecule has 1 aromatic heterocycles. The number of hydrogen-bond donors (Lipinski definition) is 1. The van der Waals surface area contributed by atoms with Crippen LogP contribution in [0.3, 0.4) is 0 Å². The van der Waals surface area contributed by atoms with Gasteiger partial charge in [-0.05, 0) is 35.6 Å². The lowest BCUT2D eigenvalue weighted by atomic mass is 10.1. The van der Waals surface area contributed by atoms with E-state index in [1.54, 1.807) is 18.2 Å². The molecule has 3 nitrogen and oxygen atoms in total. The smallest absolute Gasteiger partial charge is 0.117 e. The van der Waals surface area contributed by atoms with E-state index >= 15 is 0 Å². The van der Waals surface area contributed by atoms with Gasteiger partial charge in [0.15, 0.2) is 0 Å². The Kier molecular flexibility index (Phi) is 4.56. The van der Waals surface area contributed by atoms with Crippen LogP contribution in [-0.2, 0) is 6.42 Å². The van der Waals surface area contributed by atoms with Crippen LogP contribution in [0.1, 0.15) is 35.6 Å². The molecule has 0 spiro atoms. The van der Waals surface area contributed by atoms with E-state index in [0.717, 1.165) is 23.4 Å². The highest BCUT2D eigenvalue weighted by molar-refractivity contribution is 7.05. The first kappa shape index (κ1) is 13.7. The molecule has 0 aliphatic carbocycles. The van der Waals surface area contributed by atoms with Crippen molar-refractivity contribution in [3.8, 4) is 0 Å². The van der Waals surface area contributed by atoms with Crippen molar-refractivity contribution >= 4 is 34.7 Å². The maximum atomic E-state index is 10.3. The molecule has 18 heavy (non-hydrogen) atoms. The van der Waals surface area contributed by atoms with Crippen LogP contribution in [0.2, 0.25) is 10.0 Å². The molecule has 1 unspecified atom stereocenters. The zero-order chi connectivity index (χ0) is 13.1. The van der Waals surface area contributed by atoms with E-state index in [-0.39, 0.29) is 0 Å². The van der Waals surface area contributed by atoms with Gasteiger partial charge in [0, 0.05) is 0 Å². The van der Waals surface area contributed by atoms with E-state index in [0.29, 0.717) is 15.6 Å². The van der Waals surface area contributed by atoms with Crippen molar-refractivity contribution in [1.82, 2.24) is 9.59 Å². The number of aryl methyl sites for hydroxylation is 1. The Morgan fingerprint density at radius 2 is 2.11 bits per heavy atom. The minimum Gasteiger partial charge on any atom is -0.383 e. The normalized spacial score (nSPS) is 12.7. The molecule has 2 rings (SSSR count). The van der Waals surface area contributed by atoms with Crippen molar-refractivity contribution in [2.24, 2.45) is 0 Å². The molecule has 0 amide bonds. The molecule has 2 aromatic rings. The third-order valence-electron chi connectivity index (χ3n) is 2.58. The topological polar surface area (TPSA) is 46.0 Å². The fourth-order valence-corrected chi connectivity index (χ4v) is 2.69. The largest absolute Gasteiger partial charge is 0.383 e. The second-order valence-electron chi connectivity index (χ2n) is 3.91. The Bertz CT molecular complexity index is 545. The summed E-state index contributed by atoms with van der Waals surface area (Å²) in [4.78, 5) is 0.773. The van der Waals surface area contributed by atoms with Crippen molar-refractivity contribution in [3.63, 3.8) is 0 Å². The molecular weight excluding hydrogens is 291 g/mol. The van der Waals surface area contributed by atoms with Crippen LogP contribution in [-0.4, -0.2) is 14.7 Å². The molecule has 0 aliphatic heterocycles. The number of rotatable bonds is 4. The fraction of sp³-hybridized carbons (Fsp3) is 0.333. The molecular formula is C12H12Cl2N2OS. The summed E-state index contributed by atoms with van der Waals surface area (Å²) in [6.45, 7) is 2.06. The summed E-state index contributed by atoms with van der Waals surface area (Å²) in [5.74, 6) is 0. The Labute approximate surface area is 120 Å². The van der Waals surface area contributed by atoms with Gasteiger partial charge in [-0.2, -0.15) is 0 Å². The van der Waals surface area contributed by atoms with E-state index in [1.165, 1.54) is 11.5 Å². The van der Waals surface area contributed by atoms with E-state index in [1.807, 2.05) is 0 Å². The maximum absolute atomic E-state index is 10.3. The highest BCUT2D eigenvalue weighted by Gasteiger charge is 2.19. The molecule has 0 radical (unpaired) electrons. The monoisotopic (exact) mass is 302 g/mol. The molecule has 0 aliphatic rings. The molecule has 0 saturated carbocycles. The van der Waals surface area contributed by atoms with Gasteiger partial charge in [-0.25, -0.2) is 0 Å². The second-order valence-corrected chi connectivity index (χ2v) is 5.51. The minimum atomic E-state index is -0.749. The average molecular weight is 303 g/mol. The molecule has 6 heteroatoms. The summed E-state index contributed by atoms with van der Waals surface area (Å²) in [7, 11) is 0. The molecule has 96 valence electrons. The van der Waals surface area contributed by atoms with Gasteiger partial charge in [0.05, 0.1) is 20.6 Å². The third-order valence-corrected chi connectivity index (χ3v) is 4.14. The number of halogens is 2. The molecule has 0 saturated heterocycles. The van der Waals surface area contributed by atoms with E-state index in [4.69, 9.17) is 23.2 Å². The van der Waals surface area contributed by atoms with E-state index in [2.05, 4.69) is 16.5 Å². The second kappa shape index (κ2) is 5.97. The van der Waals surface area contributed by atoms with Crippen LogP contribution in [0.15, 0.2) is 18.2 Å². The van der Waals surface area contributed by atoms with Crippen LogP contribution in [0.25, 0.3) is 0 Å². The van der Waals surface area contributed by atoms with Gasteiger partial charge >= 0.3 is 0 Å². The average Bonchev–Trinajstić information content (AvgIpc) is 2.80. The lowest BCUT2D eigenvalue weighted by molar-refractivity contribution is 0.222. The summed E-state index contributed by atoms with van der Waals surface area (Å²) < 4.78 is 3.90. The lowest BCUT2D eigenvalue weighted by Crippen LogP contribution is -2.01. The van der Waals surface area contributed by atoms with Crippen LogP contribution in [0.5, 0.6) is 0 Å². The Morgan fingerprint density at radius 3 is 2.78 bits per heavy atom. The lowest BCUT2D eigenvalue weighted by Gasteiger charge is -2.10. The molecule has 1 atom stereocenters. The van der Waals surface area contributed by atoms with Gasteiger partial charge in [0.25, 0.3) is 0 Å². The number of hydrogen-bond acceptors (Lipinski definition) is 4. The van der Waals surface area contributed by atoms with Gasteiger partial charge < -0.3 is 5.11 Å². The van der Waals surface area contributed by atoms with Gasteiger partial charge in [-0.3, -0.25) is 0 Å². The molecule has 1 N–H and O–H groups in total. The highest BCUT2D eigenvalue weighted by atomic mass is 35.5. The summed E-state index contributed by atoms with van der Waals surface area (Å²) >= 11 is 13.0. The van der Waals surface area contributed by atoms with Crippen molar-refractivity contribution in [1.29, 1.82) is 0 Å². The number of aliphatic hydroxyl groups excluding tert-OH is 1. The fourth-order valence-electron chi connectivity index (χ4n) is 1.67. The van der Waals surface area contributed by atoms with Crippen molar-refractivity contribution < 1.29 is 5.11 Å². The van der Waals surface area contributed by atoms with E-state index < -0.39 is 6.10 Å². The van der Waals surface area contributed by atoms with Gasteiger partial charge in [0.2, 0.25) is 0 Å². The van der Waals surface area contributed by atoms with Gasteiger partial charge in [-0.15, -0.1) is 5.10 Å². The molecule has 0 bridgehead atoms. The standard InChI is InChI=1S/C12H12Cl2N2OS/c1-2-3-10-12(18-16-15-10)11(17)7-4-5-8(13)9(14)6-7/h4-6,11,17H,2-3H2,1H3. The van der Waals surface area contributed by atoms with Crippen molar-refractivity contribution in [3.05, 3.63) is 44.4 Å². The van der Waals surface area contributed by atoms with Gasteiger partial charge in [-0.1, -0.05) is 47.1 Å².